The van der Waals surface area contributed by atoms with Gasteiger partial charge in [0.2, 0.25) is 0 Å². The molecule has 2 heterocycles. The van der Waals surface area contributed by atoms with E-state index in [9.17, 15) is 10.1 Å². The van der Waals surface area contributed by atoms with Crippen molar-refractivity contribution in [3.63, 3.8) is 0 Å². The number of nitro benzene ring substituents is 1. The summed E-state index contributed by atoms with van der Waals surface area (Å²) < 4.78 is 10.7. The van der Waals surface area contributed by atoms with Crippen molar-refractivity contribution in [1.82, 2.24) is 10.1 Å². The molecule has 1 aliphatic rings. The van der Waals surface area contributed by atoms with Gasteiger partial charge in [0, 0.05) is 31.2 Å². The maximum Gasteiger partial charge on any atom is 0.293 e. The lowest BCUT2D eigenvalue weighted by atomic mass is 10.1. The summed E-state index contributed by atoms with van der Waals surface area (Å²) in [6.45, 7) is 3.33. The van der Waals surface area contributed by atoms with Crippen molar-refractivity contribution in [2.45, 2.75) is 38.7 Å². The normalized spacial score (nSPS) is 17.1. The molecule has 0 bridgehead atoms. The summed E-state index contributed by atoms with van der Waals surface area (Å²) in [5.41, 5.74) is 0.993. The third-order valence-corrected chi connectivity index (χ3v) is 3.93. The third-order valence-electron chi connectivity index (χ3n) is 3.93. The van der Waals surface area contributed by atoms with E-state index in [1.54, 1.807) is 12.1 Å². The lowest BCUT2D eigenvalue weighted by molar-refractivity contribution is -0.383. The molecule has 0 saturated carbocycles. The van der Waals surface area contributed by atoms with E-state index in [4.69, 9.17) is 9.26 Å². The van der Waals surface area contributed by atoms with Gasteiger partial charge in [-0.15, -0.1) is 0 Å². The third kappa shape index (κ3) is 3.70. The van der Waals surface area contributed by atoms with E-state index in [0.29, 0.717) is 35.9 Å². The van der Waals surface area contributed by atoms with Crippen LogP contribution in [0.1, 0.15) is 32.0 Å². The Balaban J connectivity index is 1.79. The van der Waals surface area contributed by atoms with Gasteiger partial charge in [-0.3, -0.25) is 10.1 Å². The Morgan fingerprint density at radius 3 is 3.04 bits per heavy atom. The van der Waals surface area contributed by atoms with Crippen LogP contribution in [0.25, 0.3) is 11.5 Å². The molecule has 1 aliphatic heterocycles. The Kier molecular flexibility index (Phi) is 5.05. The number of nitro groups is 1. The number of ether oxygens (including phenoxy) is 1. The standard InChI is InChI=1S/C16H20N4O4/c1-2-4-15-18-16(24-19-15)11-6-7-13(14(9-11)20(21)22)17-10-12-5-3-8-23-12/h6-7,9,12,17H,2-5,8,10H2,1H3/t12-/m1/s1. The Bertz CT molecular complexity index is 710. The van der Waals surface area contributed by atoms with Crippen molar-refractivity contribution in [2.75, 3.05) is 18.5 Å². The predicted molar refractivity (Wildman–Crippen MR) is 87.8 cm³/mol. The molecule has 1 fully saturated rings. The lowest BCUT2D eigenvalue weighted by Gasteiger charge is -2.12. The van der Waals surface area contributed by atoms with Gasteiger partial charge in [0.25, 0.3) is 11.6 Å². The van der Waals surface area contributed by atoms with Gasteiger partial charge < -0.3 is 14.6 Å². The van der Waals surface area contributed by atoms with Crippen LogP contribution in [0.5, 0.6) is 0 Å². The molecule has 128 valence electrons. The van der Waals surface area contributed by atoms with Crippen molar-refractivity contribution >= 4 is 11.4 Å². The van der Waals surface area contributed by atoms with Crippen LogP contribution in [0, 0.1) is 10.1 Å². The fourth-order valence-electron chi connectivity index (χ4n) is 2.69. The highest BCUT2D eigenvalue weighted by atomic mass is 16.6. The highest BCUT2D eigenvalue weighted by Gasteiger charge is 2.20. The van der Waals surface area contributed by atoms with E-state index in [1.807, 2.05) is 6.92 Å². The number of hydrogen-bond donors (Lipinski definition) is 1. The second kappa shape index (κ2) is 7.39. The number of benzene rings is 1. The molecule has 0 aliphatic carbocycles. The van der Waals surface area contributed by atoms with Crippen LogP contribution < -0.4 is 5.32 Å². The van der Waals surface area contributed by atoms with Crippen LogP contribution in [0.2, 0.25) is 0 Å². The van der Waals surface area contributed by atoms with Crippen molar-refractivity contribution in [3.8, 4) is 11.5 Å². The van der Waals surface area contributed by atoms with Crippen molar-refractivity contribution in [3.05, 3.63) is 34.1 Å². The number of nitrogens with zero attached hydrogens (tertiary/aromatic N) is 3. The Morgan fingerprint density at radius 1 is 1.46 bits per heavy atom. The largest absolute Gasteiger partial charge is 0.377 e. The molecular formula is C16H20N4O4. The molecule has 0 radical (unpaired) electrons. The number of rotatable bonds is 7. The molecule has 1 N–H and O–H groups in total. The summed E-state index contributed by atoms with van der Waals surface area (Å²) in [7, 11) is 0. The zero-order chi connectivity index (χ0) is 16.9. The Labute approximate surface area is 139 Å². The minimum Gasteiger partial charge on any atom is -0.377 e. The first-order chi connectivity index (χ1) is 11.7. The van der Waals surface area contributed by atoms with Crippen molar-refractivity contribution in [2.24, 2.45) is 0 Å². The molecule has 1 saturated heterocycles. The first-order valence-electron chi connectivity index (χ1n) is 8.14. The summed E-state index contributed by atoms with van der Waals surface area (Å²) in [4.78, 5) is 15.2. The Hall–Kier alpha value is -2.48. The van der Waals surface area contributed by atoms with Crippen LogP contribution in [0.3, 0.4) is 0 Å². The molecule has 3 rings (SSSR count). The molecule has 24 heavy (non-hydrogen) atoms. The van der Waals surface area contributed by atoms with Gasteiger partial charge in [-0.05, 0) is 31.4 Å². The molecule has 1 aromatic heterocycles. The number of hydrogen-bond acceptors (Lipinski definition) is 7. The lowest BCUT2D eigenvalue weighted by Crippen LogP contribution is -2.18. The van der Waals surface area contributed by atoms with E-state index in [0.717, 1.165) is 25.9 Å². The zero-order valence-corrected chi connectivity index (χ0v) is 13.5. The first-order valence-corrected chi connectivity index (χ1v) is 8.14. The van der Waals surface area contributed by atoms with Gasteiger partial charge in [-0.1, -0.05) is 12.1 Å². The van der Waals surface area contributed by atoms with Crippen molar-refractivity contribution in [1.29, 1.82) is 0 Å². The van der Waals surface area contributed by atoms with Gasteiger partial charge in [0.15, 0.2) is 5.82 Å². The highest BCUT2D eigenvalue weighted by Crippen LogP contribution is 2.30. The summed E-state index contributed by atoms with van der Waals surface area (Å²) in [5, 5.41) is 18.4. The minimum atomic E-state index is -0.412. The van der Waals surface area contributed by atoms with Crippen LogP contribution in [0.15, 0.2) is 22.7 Å². The fraction of sp³-hybridized carbons (Fsp3) is 0.500. The second-order valence-corrected chi connectivity index (χ2v) is 5.77. The number of aryl methyl sites for hydroxylation is 1. The second-order valence-electron chi connectivity index (χ2n) is 5.77. The molecule has 0 unspecified atom stereocenters. The smallest absolute Gasteiger partial charge is 0.293 e. The van der Waals surface area contributed by atoms with E-state index < -0.39 is 4.92 Å². The van der Waals surface area contributed by atoms with Crippen LogP contribution in [0.4, 0.5) is 11.4 Å². The number of nitrogens with one attached hydrogen (secondary N) is 1. The Morgan fingerprint density at radius 2 is 2.33 bits per heavy atom. The van der Waals surface area contributed by atoms with E-state index >= 15 is 0 Å². The molecule has 0 spiro atoms. The van der Waals surface area contributed by atoms with Gasteiger partial charge in [0.1, 0.15) is 5.69 Å². The van der Waals surface area contributed by atoms with Crippen LogP contribution in [-0.2, 0) is 11.2 Å². The topological polar surface area (TPSA) is 103 Å². The molecule has 2 aromatic rings. The number of aromatic nitrogens is 2. The van der Waals surface area contributed by atoms with E-state index in [2.05, 4.69) is 15.5 Å². The molecule has 1 atom stereocenters. The SMILES string of the molecule is CCCc1noc(-c2ccc(NC[C@H]3CCCO3)c([N+](=O)[O-])c2)n1. The van der Waals surface area contributed by atoms with Gasteiger partial charge in [0.05, 0.1) is 11.0 Å². The number of anilines is 1. The van der Waals surface area contributed by atoms with Crippen LogP contribution >= 0.6 is 0 Å². The summed E-state index contributed by atoms with van der Waals surface area (Å²) in [6.07, 6.45) is 3.74. The summed E-state index contributed by atoms with van der Waals surface area (Å²) in [5.74, 6) is 0.906. The molecule has 8 heteroatoms. The van der Waals surface area contributed by atoms with E-state index in [1.165, 1.54) is 6.07 Å². The quantitative estimate of drug-likeness (QED) is 0.613. The first kappa shape index (κ1) is 16.4. The van der Waals surface area contributed by atoms with E-state index in [-0.39, 0.29) is 11.8 Å². The maximum absolute atomic E-state index is 11.4. The zero-order valence-electron chi connectivity index (χ0n) is 13.5. The monoisotopic (exact) mass is 332 g/mol. The molecule has 8 nitrogen and oxygen atoms in total. The summed E-state index contributed by atoms with van der Waals surface area (Å²) >= 11 is 0. The van der Waals surface area contributed by atoms with Gasteiger partial charge in [-0.2, -0.15) is 4.98 Å². The van der Waals surface area contributed by atoms with Gasteiger partial charge in [-0.25, -0.2) is 0 Å². The predicted octanol–water partition coefficient (Wildman–Crippen LogP) is 3.19. The van der Waals surface area contributed by atoms with Crippen molar-refractivity contribution < 1.29 is 14.2 Å². The fourth-order valence-corrected chi connectivity index (χ4v) is 2.69. The highest BCUT2D eigenvalue weighted by molar-refractivity contribution is 5.69. The van der Waals surface area contributed by atoms with Crippen LogP contribution in [-0.4, -0.2) is 34.3 Å². The maximum atomic E-state index is 11.4. The van der Waals surface area contributed by atoms with Gasteiger partial charge >= 0.3 is 0 Å². The molecular weight excluding hydrogens is 312 g/mol. The minimum absolute atomic E-state index is 0.0132. The molecule has 1 aromatic carbocycles. The molecule has 0 amide bonds. The average Bonchev–Trinajstić information content (AvgIpc) is 3.25. The average molecular weight is 332 g/mol. The summed E-state index contributed by atoms with van der Waals surface area (Å²) in [6, 6.07) is 4.88.